The fraction of sp³-hybridized carbons (Fsp3) is 0.625. The fourth-order valence-electron chi connectivity index (χ4n) is 3.48. The summed E-state index contributed by atoms with van der Waals surface area (Å²) < 4.78 is 5.54. The van der Waals surface area contributed by atoms with Crippen molar-refractivity contribution in [2.45, 2.75) is 18.9 Å². The van der Waals surface area contributed by atoms with Gasteiger partial charge in [0.1, 0.15) is 0 Å². The van der Waals surface area contributed by atoms with E-state index in [9.17, 15) is 0 Å². The monoisotopic (exact) mass is 328 g/mol. The highest BCUT2D eigenvalue weighted by atomic mass is 35.5. The van der Waals surface area contributed by atoms with Gasteiger partial charge in [0, 0.05) is 55.5 Å². The van der Waals surface area contributed by atoms with Gasteiger partial charge in [0.05, 0.1) is 0 Å². The molecule has 2 saturated heterocycles. The van der Waals surface area contributed by atoms with Crippen LogP contribution in [-0.2, 0) is 4.74 Å². The van der Waals surface area contributed by atoms with Crippen molar-refractivity contribution in [1.82, 2.24) is 10.2 Å². The molecule has 116 valence electrons. The molecular weight excluding hydrogens is 307 g/mol. The quantitative estimate of drug-likeness (QED) is 0.920. The fourth-order valence-corrected chi connectivity index (χ4v) is 4.00. The third-order valence-electron chi connectivity index (χ3n) is 4.54. The number of ether oxygens (including phenoxy) is 1. The summed E-state index contributed by atoms with van der Waals surface area (Å²) in [6.45, 7) is 5.95. The van der Waals surface area contributed by atoms with Gasteiger partial charge < -0.3 is 10.1 Å². The second-order valence-electron chi connectivity index (χ2n) is 5.85. The summed E-state index contributed by atoms with van der Waals surface area (Å²) in [5.41, 5.74) is 1.22. The first kappa shape index (κ1) is 15.6. The van der Waals surface area contributed by atoms with Gasteiger partial charge in [-0.2, -0.15) is 0 Å². The van der Waals surface area contributed by atoms with E-state index < -0.39 is 0 Å². The Hall–Kier alpha value is -0.320. The molecular formula is C16H22Cl2N2O. The number of nitrogens with one attached hydrogen (secondary N) is 1. The molecule has 5 heteroatoms. The van der Waals surface area contributed by atoms with Crippen LogP contribution in [0.4, 0.5) is 0 Å². The van der Waals surface area contributed by atoms with Crippen molar-refractivity contribution in [1.29, 1.82) is 0 Å². The molecule has 0 radical (unpaired) electrons. The number of rotatable bonds is 3. The van der Waals surface area contributed by atoms with E-state index in [1.165, 1.54) is 5.56 Å². The predicted octanol–water partition coefficient (Wildman–Crippen LogP) is 3.37. The van der Waals surface area contributed by atoms with E-state index in [1.54, 1.807) is 0 Å². The Morgan fingerprint density at radius 2 is 1.86 bits per heavy atom. The minimum Gasteiger partial charge on any atom is -0.381 e. The lowest BCUT2D eigenvalue weighted by atomic mass is 9.85. The Bertz CT molecular complexity index is 453. The zero-order valence-electron chi connectivity index (χ0n) is 12.2. The van der Waals surface area contributed by atoms with Crippen LogP contribution in [0.2, 0.25) is 10.0 Å². The minimum atomic E-state index is 0.376. The number of benzene rings is 1. The molecule has 1 aromatic carbocycles. The van der Waals surface area contributed by atoms with Crippen LogP contribution in [-0.4, -0.2) is 44.3 Å². The summed E-state index contributed by atoms with van der Waals surface area (Å²) >= 11 is 12.6. The first-order chi connectivity index (χ1) is 10.3. The lowest BCUT2D eigenvalue weighted by molar-refractivity contribution is 0.0213. The van der Waals surface area contributed by atoms with Crippen LogP contribution in [0.25, 0.3) is 0 Å². The van der Waals surface area contributed by atoms with Crippen molar-refractivity contribution < 1.29 is 4.74 Å². The molecule has 3 nitrogen and oxygen atoms in total. The molecule has 3 rings (SSSR count). The molecule has 0 bridgehead atoms. The molecule has 0 spiro atoms. The van der Waals surface area contributed by atoms with Crippen molar-refractivity contribution in [2.24, 2.45) is 5.92 Å². The third kappa shape index (κ3) is 3.72. The predicted molar refractivity (Wildman–Crippen MR) is 87.2 cm³/mol. The second kappa shape index (κ2) is 7.30. The summed E-state index contributed by atoms with van der Waals surface area (Å²) in [5.74, 6) is 0.607. The molecule has 21 heavy (non-hydrogen) atoms. The summed E-state index contributed by atoms with van der Waals surface area (Å²) in [6.07, 6.45) is 2.21. The van der Waals surface area contributed by atoms with Gasteiger partial charge >= 0.3 is 0 Å². The first-order valence-corrected chi connectivity index (χ1v) is 8.49. The third-order valence-corrected chi connectivity index (χ3v) is 5.10. The van der Waals surface area contributed by atoms with Gasteiger partial charge in [-0.1, -0.05) is 29.3 Å². The Morgan fingerprint density at radius 1 is 1.14 bits per heavy atom. The van der Waals surface area contributed by atoms with E-state index in [4.69, 9.17) is 27.9 Å². The van der Waals surface area contributed by atoms with Crippen molar-refractivity contribution in [3.63, 3.8) is 0 Å². The van der Waals surface area contributed by atoms with Gasteiger partial charge in [0.25, 0.3) is 0 Å². The van der Waals surface area contributed by atoms with E-state index in [1.807, 2.05) is 12.1 Å². The number of nitrogens with zero attached hydrogens (tertiary/aromatic N) is 1. The molecule has 2 heterocycles. The molecule has 1 N–H and O–H groups in total. The van der Waals surface area contributed by atoms with Crippen LogP contribution in [0, 0.1) is 5.92 Å². The Labute approximate surface area is 136 Å². The average Bonchev–Trinajstić information content (AvgIpc) is 2.52. The summed E-state index contributed by atoms with van der Waals surface area (Å²) in [7, 11) is 0. The topological polar surface area (TPSA) is 24.5 Å². The molecule has 2 fully saturated rings. The summed E-state index contributed by atoms with van der Waals surface area (Å²) in [5, 5.41) is 4.92. The lowest BCUT2D eigenvalue weighted by Gasteiger charge is -2.41. The van der Waals surface area contributed by atoms with Gasteiger partial charge in [0.2, 0.25) is 0 Å². The van der Waals surface area contributed by atoms with Crippen LogP contribution < -0.4 is 5.32 Å². The maximum Gasteiger partial charge on any atom is 0.0469 e. The molecule has 0 amide bonds. The number of hydrogen-bond acceptors (Lipinski definition) is 3. The van der Waals surface area contributed by atoms with Crippen LogP contribution >= 0.6 is 23.2 Å². The highest BCUT2D eigenvalue weighted by Crippen LogP contribution is 2.39. The number of piperazine rings is 1. The molecule has 2 aliphatic heterocycles. The smallest absolute Gasteiger partial charge is 0.0469 e. The van der Waals surface area contributed by atoms with E-state index in [0.717, 1.165) is 57.3 Å². The Balaban J connectivity index is 1.89. The van der Waals surface area contributed by atoms with Crippen LogP contribution in [0.15, 0.2) is 18.2 Å². The van der Waals surface area contributed by atoms with Gasteiger partial charge in [0.15, 0.2) is 0 Å². The van der Waals surface area contributed by atoms with Crippen molar-refractivity contribution in [3.05, 3.63) is 33.8 Å². The van der Waals surface area contributed by atoms with Gasteiger partial charge in [-0.3, -0.25) is 4.90 Å². The molecule has 1 atom stereocenters. The minimum absolute atomic E-state index is 0.376. The van der Waals surface area contributed by atoms with Crippen molar-refractivity contribution in [2.75, 3.05) is 39.4 Å². The highest BCUT2D eigenvalue weighted by Gasteiger charge is 2.32. The number of hydrogen-bond donors (Lipinski definition) is 1. The maximum absolute atomic E-state index is 6.50. The molecule has 0 aromatic heterocycles. The molecule has 0 aliphatic carbocycles. The van der Waals surface area contributed by atoms with Gasteiger partial charge in [-0.15, -0.1) is 0 Å². The lowest BCUT2D eigenvalue weighted by Crippen LogP contribution is -2.47. The van der Waals surface area contributed by atoms with E-state index in [0.29, 0.717) is 17.0 Å². The largest absolute Gasteiger partial charge is 0.381 e. The highest BCUT2D eigenvalue weighted by molar-refractivity contribution is 6.35. The van der Waals surface area contributed by atoms with Crippen molar-refractivity contribution in [3.8, 4) is 0 Å². The van der Waals surface area contributed by atoms with E-state index in [-0.39, 0.29) is 0 Å². The van der Waals surface area contributed by atoms with Gasteiger partial charge in [-0.25, -0.2) is 0 Å². The van der Waals surface area contributed by atoms with Crippen LogP contribution in [0.3, 0.4) is 0 Å². The molecule has 0 unspecified atom stereocenters. The second-order valence-corrected chi connectivity index (χ2v) is 6.69. The zero-order valence-corrected chi connectivity index (χ0v) is 13.7. The number of halogens is 2. The van der Waals surface area contributed by atoms with E-state index in [2.05, 4.69) is 16.3 Å². The molecule has 0 saturated carbocycles. The molecule has 2 aliphatic rings. The summed E-state index contributed by atoms with van der Waals surface area (Å²) in [4.78, 5) is 2.57. The Kier molecular flexibility index (Phi) is 5.41. The average molecular weight is 329 g/mol. The maximum atomic E-state index is 6.50. The normalized spacial score (nSPS) is 23.1. The summed E-state index contributed by atoms with van der Waals surface area (Å²) in [6, 6.07) is 6.30. The van der Waals surface area contributed by atoms with Crippen molar-refractivity contribution >= 4 is 23.2 Å². The van der Waals surface area contributed by atoms with E-state index >= 15 is 0 Å². The standard InChI is InChI=1S/C16H22Cl2N2O/c17-13-1-2-14(15(18)11-13)16(12-3-9-21-10-4-12)20-7-5-19-6-8-20/h1-2,11-12,16,19H,3-10H2/t16-/m1/s1. The van der Waals surface area contributed by atoms with Gasteiger partial charge in [-0.05, 0) is 36.5 Å². The molecule has 1 aromatic rings. The first-order valence-electron chi connectivity index (χ1n) is 7.73. The zero-order chi connectivity index (χ0) is 14.7. The van der Waals surface area contributed by atoms with Crippen LogP contribution in [0.5, 0.6) is 0 Å². The Morgan fingerprint density at radius 3 is 2.52 bits per heavy atom. The van der Waals surface area contributed by atoms with Crippen LogP contribution in [0.1, 0.15) is 24.4 Å². The SMILES string of the molecule is Clc1ccc([C@@H](C2CCOCC2)N2CCNCC2)c(Cl)c1.